The summed E-state index contributed by atoms with van der Waals surface area (Å²) in [4.78, 5) is 26.6. The molecule has 0 spiro atoms. The Morgan fingerprint density at radius 2 is 2.14 bits per heavy atom. The summed E-state index contributed by atoms with van der Waals surface area (Å²) in [7, 11) is 1.65. The zero-order valence-corrected chi connectivity index (χ0v) is 13.9. The largest absolute Gasteiger partial charge is 0.358 e. The van der Waals surface area contributed by atoms with Crippen LogP contribution in [-0.4, -0.2) is 49.6 Å². The summed E-state index contributed by atoms with van der Waals surface area (Å²) in [5, 5.41) is 10.6. The third-order valence-corrected chi connectivity index (χ3v) is 4.94. The average Bonchev–Trinajstić information content (AvgIpc) is 3.03. The van der Waals surface area contributed by atoms with Gasteiger partial charge in [0.1, 0.15) is 0 Å². The maximum Gasteiger partial charge on any atom is 0.315 e. The van der Waals surface area contributed by atoms with E-state index in [1.807, 2.05) is 24.4 Å². The molecular weight excluding hydrogens is 300 g/mol. The third-order valence-electron chi connectivity index (χ3n) is 3.89. The van der Waals surface area contributed by atoms with Crippen LogP contribution in [0.2, 0.25) is 0 Å². The molecule has 1 unspecified atom stereocenters. The van der Waals surface area contributed by atoms with Gasteiger partial charge in [-0.25, -0.2) is 4.79 Å². The highest BCUT2D eigenvalue weighted by Gasteiger charge is 2.22. The maximum absolute atomic E-state index is 12.0. The van der Waals surface area contributed by atoms with E-state index in [1.165, 1.54) is 0 Å². The first-order valence-corrected chi connectivity index (χ1v) is 8.50. The number of carbonyl (C=O) groups excluding carboxylic acids is 2. The predicted molar refractivity (Wildman–Crippen MR) is 87.9 cm³/mol. The monoisotopic (exact) mass is 324 g/mol. The molecule has 122 valence electrons. The second kappa shape index (κ2) is 8.14. The van der Waals surface area contributed by atoms with Gasteiger partial charge in [-0.3, -0.25) is 9.69 Å². The van der Waals surface area contributed by atoms with E-state index in [-0.39, 0.29) is 24.0 Å². The summed E-state index contributed by atoms with van der Waals surface area (Å²) in [6, 6.07) is 4.08. The number of rotatable bonds is 5. The number of nitrogens with one attached hydrogen (secondary N) is 3. The molecule has 1 aromatic rings. The Bertz CT molecular complexity index is 484. The van der Waals surface area contributed by atoms with E-state index in [9.17, 15) is 9.59 Å². The predicted octanol–water partition coefficient (Wildman–Crippen LogP) is 1.32. The molecule has 7 heteroatoms. The van der Waals surface area contributed by atoms with E-state index in [0.717, 1.165) is 30.8 Å². The van der Waals surface area contributed by atoms with Crippen molar-refractivity contribution in [2.75, 3.05) is 26.7 Å². The van der Waals surface area contributed by atoms with E-state index in [0.29, 0.717) is 6.54 Å². The fourth-order valence-electron chi connectivity index (χ4n) is 2.55. The molecule has 1 aliphatic rings. The molecule has 0 aliphatic carbocycles. The fraction of sp³-hybridized carbons (Fsp3) is 0.600. The molecule has 0 bridgehead atoms. The van der Waals surface area contributed by atoms with Gasteiger partial charge in [-0.1, -0.05) is 6.07 Å². The van der Waals surface area contributed by atoms with E-state index in [1.54, 1.807) is 18.4 Å². The van der Waals surface area contributed by atoms with E-state index < -0.39 is 0 Å². The second-order valence-corrected chi connectivity index (χ2v) is 6.56. The normalized spacial score (nSPS) is 17.7. The lowest BCUT2D eigenvalue weighted by atomic mass is 10.1. The molecule has 1 atom stereocenters. The highest BCUT2D eigenvalue weighted by atomic mass is 32.1. The number of piperidine rings is 1. The number of likely N-dealkylation sites (N-methyl/N-ethyl adjacent to an activating group) is 1. The summed E-state index contributed by atoms with van der Waals surface area (Å²) in [6.45, 7) is 4.08. The van der Waals surface area contributed by atoms with Crippen LogP contribution >= 0.6 is 11.3 Å². The first-order valence-electron chi connectivity index (χ1n) is 7.62. The Balaban J connectivity index is 1.69. The van der Waals surface area contributed by atoms with Crippen molar-refractivity contribution in [1.82, 2.24) is 20.9 Å². The number of likely N-dealkylation sites (tertiary alicyclic amines) is 1. The quantitative estimate of drug-likeness (QED) is 0.765. The van der Waals surface area contributed by atoms with Gasteiger partial charge in [0.25, 0.3) is 0 Å². The number of urea groups is 1. The minimum atomic E-state index is -0.120. The number of thiophene rings is 1. The topological polar surface area (TPSA) is 73.5 Å². The Morgan fingerprint density at radius 1 is 1.41 bits per heavy atom. The Kier molecular flexibility index (Phi) is 6.21. The number of carbonyl (C=O) groups is 2. The molecule has 0 radical (unpaired) electrons. The first-order chi connectivity index (χ1) is 10.6. The van der Waals surface area contributed by atoms with Gasteiger partial charge in [0.15, 0.2) is 0 Å². The van der Waals surface area contributed by atoms with Crippen LogP contribution in [0.5, 0.6) is 0 Å². The molecule has 2 heterocycles. The van der Waals surface area contributed by atoms with Crippen molar-refractivity contribution in [3.63, 3.8) is 0 Å². The van der Waals surface area contributed by atoms with Gasteiger partial charge >= 0.3 is 6.03 Å². The van der Waals surface area contributed by atoms with Gasteiger partial charge in [0.05, 0.1) is 12.6 Å². The lowest BCUT2D eigenvalue weighted by molar-refractivity contribution is -0.122. The van der Waals surface area contributed by atoms with Crippen molar-refractivity contribution in [3.05, 3.63) is 22.4 Å². The van der Waals surface area contributed by atoms with Crippen molar-refractivity contribution in [2.24, 2.45) is 0 Å². The SMILES string of the molecule is CNC(=O)CN1CCC(NC(=O)NC(C)c2cccs2)CC1. The smallest absolute Gasteiger partial charge is 0.315 e. The van der Waals surface area contributed by atoms with Crippen LogP contribution in [0.4, 0.5) is 4.79 Å². The molecule has 1 aliphatic heterocycles. The molecule has 1 aromatic heterocycles. The van der Waals surface area contributed by atoms with Gasteiger partial charge in [0, 0.05) is 31.1 Å². The van der Waals surface area contributed by atoms with Gasteiger partial charge in [-0.15, -0.1) is 11.3 Å². The molecule has 1 saturated heterocycles. The van der Waals surface area contributed by atoms with Crippen molar-refractivity contribution in [3.8, 4) is 0 Å². The van der Waals surface area contributed by atoms with E-state index in [4.69, 9.17) is 0 Å². The zero-order chi connectivity index (χ0) is 15.9. The number of amides is 3. The fourth-order valence-corrected chi connectivity index (χ4v) is 3.28. The Morgan fingerprint density at radius 3 is 2.73 bits per heavy atom. The zero-order valence-electron chi connectivity index (χ0n) is 13.1. The Hall–Kier alpha value is -1.60. The lowest BCUT2D eigenvalue weighted by Crippen LogP contribution is -2.49. The average molecular weight is 324 g/mol. The molecule has 2 rings (SSSR count). The van der Waals surface area contributed by atoms with Crippen molar-refractivity contribution in [1.29, 1.82) is 0 Å². The molecule has 3 N–H and O–H groups in total. The number of hydrogen-bond acceptors (Lipinski definition) is 4. The first kappa shape index (κ1) is 16.8. The van der Waals surface area contributed by atoms with Crippen molar-refractivity contribution in [2.45, 2.75) is 31.8 Å². The Labute approximate surface area is 135 Å². The summed E-state index contributed by atoms with van der Waals surface area (Å²) >= 11 is 1.64. The van der Waals surface area contributed by atoms with Crippen LogP contribution in [0.15, 0.2) is 17.5 Å². The van der Waals surface area contributed by atoms with Crippen molar-refractivity contribution >= 4 is 23.3 Å². The highest BCUT2D eigenvalue weighted by molar-refractivity contribution is 7.10. The molecule has 0 aromatic carbocycles. The molecule has 0 saturated carbocycles. The molecule has 6 nitrogen and oxygen atoms in total. The van der Waals surface area contributed by atoms with Gasteiger partial charge < -0.3 is 16.0 Å². The molecular formula is C15H24N4O2S. The van der Waals surface area contributed by atoms with Gasteiger partial charge in [-0.05, 0) is 31.2 Å². The second-order valence-electron chi connectivity index (χ2n) is 5.58. The van der Waals surface area contributed by atoms with Crippen LogP contribution in [0.3, 0.4) is 0 Å². The molecule has 1 fully saturated rings. The van der Waals surface area contributed by atoms with Gasteiger partial charge in [0.2, 0.25) is 5.91 Å². The summed E-state index contributed by atoms with van der Waals surface area (Å²) in [6.07, 6.45) is 1.75. The van der Waals surface area contributed by atoms with E-state index in [2.05, 4.69) is 20.9 Å². The van der Waals surface area contributed by atoms with E-state index >= 15 is 0 Å². The number of nitrogens with zero attached hydrogens (tertiary/aromatic N) is 1. The summed E-state index contributed by atoms with van der Waals surface area (Å²) in [5.41, 5.74) is 0. The standard InChI is InChI=1S/C15H24N4O2S/c1-11(13-4-3-9-22-13)17-15(21)18-12-5-7-19(8-6-12)10-14(20)16-2/h3-4,9,11-12H,5-8,10H2,1-2H3,(H,16,20)(H2,17,18,21). The van der Waals surface area contributed by atoms with Crippen molar-refractivity contribution < 1.29 is 9.59 Å². The van der Waals surface area contributed by atoms with Crippen LogP contribution in [0, 0.1) is 0 Å². The minimum Gasteiger partial charge on any atom is -0.358 e. The highest BCUT2D eigenvalue weighted by Crippen LogP contribution is 2.18. The summed E-state index contributed by atoms with van der Waals surface area (Å²) in [5.74, 6) is 0.0360. The lowest BCUT2D eigenvalue weighted by Gasteiger charge is -2.32. The maximum atomic E-state index is 12.0. The summed E-state index contributed by atoms with van der Waals surface area (Å²) < 4.78 is 0. The van der Waals surface area contributed by atoms with Gasteiger partial charge in [-0.2, -0.15) is 0 Å². The van der Waals surface area contributed by atoms with Crippen LogP contribution in [0.1, 0.15) is 30.7 Å². The number of hydrogen-bond donors (Lipinski definition) is 3. The third kappa shape index (κ3) is 4.99. The van der Waals surface area contributed by atoms with Crippen LogP contribution in [-0.2, 0) is 4.79 Å². The van der Waals surface area contributed by atoms with Crippen LogP contribution < -0.4 is 16.0 Å². The molecule has 22 heavy (non-hydrogen) atoms. The van der Waals surface area contributed by atoms with Crippen LogP contribution in [0.25, 0.3) is 0 Å². The molecule has 3 amide bonds. The minimum absolute atomic E-state index is 0.0216.